The van der Waals surface area contributed by atoms with Crippen LogP contribution in [0.15, 0.2) is 42.7 Å². The molecule has 5 heteroatoms. The summed E-state index contributed by atoms with van der Waals surface area (Å²) in [5.74, 6) is 0. The molecule has 0 aliphatic heterocycles. The molecule has 0 fully saturated rings. The van der Waals surface area contributed by atoms with Crippen LogP contribution in [-0.2, 0) is 0 Å². The van der Waals surface area contributed by atoms with Gasteiger partial charge in [0.05, 0.1) is 16.6 Å². The molecule has 0 aliphatic carbocycles. The topological polar surface area (TPSA) is 58.9 Å². The lowest BCUT2D eigenvalue weighted by atomic mass is 10.0. The molecule has 0 spiro atoms. The van der Waals surface area contributed by atoms with Gasteiger partial charge in [0.25, 0.3) is 0 Å². The van der Waals surface area contributed by atoms with Gasteiger partial charge in [-0.25, -0.2) is 0 Å². The number of aliphatic hydroxyl groups excluding tert-OH is 1. The number of rotatable bonds is 2. The first-order chi connectivity index (χ1) is 8.36. The summed E-state index contributed by atoms with van der Waals surface area (Å²) in [5.41, 5.74) is 1.60. The van der Waals surface area contributed by atoms with Crippen LogP contribution in [0.1, 0.15) is 16.5 Å². The van der Waals surface area contributed by atoms with Crippen molar-refractivity contribution in [3.05, 3.63) is 53.2 Å². The second-order valence-electron chi connectivity index (χ2n) is 3.64. The third-order valence-electron chi connectivity index (χ3n) is 2.61. The molecule has 1 N–H and O–H groups in total. The number of aromatic nitrogens is 3. The highest BCUT2D eigenvalue weighted by Gasteiger charge is 2.16. The van der Waals surface area contributed by atoms with Crippen LogP contribution in [-0.4, -0.2) is 19.7 Å². The lowest BCUT2D eigenvalue weighted by Gasteiger charge is -2.10. The van der Waals surface area contributed by atoms with Gasteiger partial charge in [-0.05, 0) is 17.6 Å². The summed E-state index contributed by atoms with van der Waals surface area (Å²) in [4.78, 5) is 5.04. The molecule has 1 unspecified atom stereocenters. The van der Waals surface area contributed by atoms with Gasteiger partial charge in [0.15, 0.2) is 0 Å². The predicted molar refractivity (Wildman–Crippen MR) is 65.7 cm³/mol. The molecule has 0 bridgehead atoms. The third-order valence-corrected chi connectivity index (χ3v) is 3.32. The molecular weight excluding hydrogens is 234 g/mol. The number of aliphatic hydroxyl groups is 1. The number of para-hydroxylation sites is 1. The van der Waals surface area contributed by atoms with Crippen molar-refractivity contribution in [1.82, 2.24) is 14.6 Å². The summed E-state index contributed by atoms with van der Waals surface area (Å²) >= 11 is 1.20. The molecule has 0 aliphatic rings. The van der Waals surface area contributed by atoms with Crippen molar-refractivity contribution in [3.8, 4) is 0 Å². The van der Waals surface area contributed by atoms with Gasteiger partial charge in [-0.15, -0.1) is 5.10 Å². The van der Waals surface area contributed by atoms with Gasteiger partial charge in [-0.3, -0.25) is 4.98 Å². The monoisotopic (exact) mass is 243 g/mol. The Morgan fingerprint density at radius 3 is 2.88 bits per heavy atom. The molecule has 0 amide bonds. The SMILES string of the molecule is OC(c1cnns1)c1cccc2cccnc12. The lowest BCUT2D eigenvalue weighted by Crippen LogP contribution is -1.99. The minimum Gasteiger partial charge on any atom is -0.383 e. The van der Waals surface area contributed by atoms with Crippen LogP contribution in [0.5, 0.6) is 0 Å². The van der Waals surface area contributed by atoms with Gasteiger partial charge in [-0.1, -0.05) is 28.8 Å². The van der Waals surface area contributed by atoms with Crippen molar-refractivity contribution >= 4 is 22.4 Å². The molecule has 84 valence electrons. The minimum absolute atomic E-state index is 0.714. The van der Waals surface area contributed by atoms with Crippen LogP contribution in [0.2, 0.25) is 0 Å². The van der Waals surface area contributed by atoms with E-state index in [1.54, 1.807) is 12.4 Å². The van der Waals surface area contributed by atoms with E-state index in [9.17, 15) is 5.11 Å². The fraction of sp³-hybridized carbons (Fsp3) is 0.0833. The minimum atomic E-state index is -0.714. The zero-order valence-electron chi connectivity index (χ0n) is 8.82. The largest absolute Gasteiger partial charge is 0.383 e. The number of hydrogen-bond acceptors (Lipinski definition) is 5. The van der Waals surface area contributed by atoms with Crippen LogP contribution in [0.25, 0.3) is 10.9 Å². The van der Waals surface area contributed by atoms with Crippen molar-refractivity contribution in [2.75, 3.05) is 0 Å². The average molecular weight is 243 g/mol. The summed E-state index contributed by atoms with van der Waals surface area (Å²) in [6.07, 6.45) is 2.59. The lowest BCUT2D eigenvalue weighted by molar-refractivity contribution is 0.225. The predicted octanol–water partition coefficient (Wildman–Crippen LogP) is 2.17. The standard InChI is InChI=1S/C12H9N3OS/c16-12(10-7-14-15-17-10)9-5-1-3-8-4-2-6-13-11(8)9/h1-7,12,16H. The molecule has 2 aromatic heterocycles. The Balaban J connectivity index is 2.17. The summed E-state index contributed by atoms with van der Waals surface area (Å²) in [6, 6.07) is 9.62. The number of pyridine rings is 1. The van der Waals surface area contributed by atoms with E-state index in [-0.39, 0.29) is 0 Å². The van der Waals surface area contributed by atoms with Gasteiger partial charge < -0.3 is 5.11 Å². The first-order valence-electron chi connectivity index (χ1n) is 5.15. The van der Waals surface area contributed by atoms with E-state index in [0.717, 1.165) is 21.3 Å². The molecule has 3 aromatic rings. The first kappa shape index (κ1) is 10.3. The summed E-state index contributed by atoms with van der Waals surface area (Å²) in [6.45, 7) is 0. The van der Waals surface area contributed by atoms with Crippen LogP contribution in [0.3, 0.4) is 0 Å². The quantitative estimate of drug-likeness (QED) is 0.749. The molecule has 1 aromatic carbocycles. The fourth-order valence-electron chi connectivity index (χ4n) is 1.80. The molecule has 0 saturated carbocycles. The van der Waals surface area contributed by atoms with Crippen LogP contribution in [0.4, 0.5) is 0 Å². The number of fused-ring (bicyclic) bond motifs is 1. The van der Waals surface area contributed by atoms with E-state index < -0.39 is 6.10 Å². The maximum absolute atomic E-state index is 10.3. The Morgan fingerprint density at radius 2 is 2.06 bits per heavy atom. The highest BCUT2D eigenvalue weighted by Crippen LogP contribution is 2.28. The number of nitrogens with zero attached hydrogens (tertiary/aromatic N) is 3. The van der Waals surface area contributed by atoms with Crippen molar-refractivity contribution < 1.29 is 5.11 Å². The van der Waals surface area contributed by atoms with Gasteiger partial charge in [-0.2, -0.15) is 0 Å². The zero-order valence-corrected chi connectivity index (χ0v) is 9.63. The first-order valence-corrected chi connectivity index (χ1v) is 5.92. The smallest absolute Gasteiger partial charge is 0.119 e. The van der Waals surface area contributed by atoms with Crippen molar-refractivity contribution in [2.24, 2.45) is 0 Å². The Bertz CT molecular complexity index is 634. The van der Waals surface area contributed by atoms with Crippen molar-refractivity contribution in [2.45, 2.75) is 6.10 Å². The Morgan fingerprint density at radius 1 is 1.18 bits per heavy atom. The van der Waals surface area contributed by atoms with Gasteiger partial charge in [0.2, 0.25) is 0 Å². The van der Waals surface area contributed by atoms with Gasteiger partial charge >= 0.3 is 0 Å². The molecule has 0 saturated heterocycles. The maximum Gasteiger partial charge on any atom is 0.119 e. The number of hydrogen-bond donors (Lipinski definition) is 1. The van der Waals surface area contributed by atoms with Crippen LogP contribution in [0, 0.1) is 0 Å². The number of benzene rings is 1. The maximum atomic E-state index is 10.3. The van der Waals surface area contributed by atoms with E-state index in [4.69, 9.17) is 0 Å². The van der Waals surface area contributed by atoms with E-state index in [1.807, 2.05) is 30.3 Å². The molecule has 17 heavy (non-hydrogen) atoms. The Labute approximate surface area is 102 Å². The Kier molecular flexibility index (Phi) is 2.55. The summed E-state index contributed by atoms with van der Waals surface area (Å²) < 4.78 is 3.76. The van der Waals surface area contributed by atoms with Crippen molar-refractivity contribution in [3.63, 3.8) is 0 Å². The zero-order chi connectivity index (χ0) is 11.7. The average Bonchev–Trinajstić information content (AvgIpc) is 2.91. The normalized spacial score (nSPS) is 12.8. The third kappa shape index (κ3) is 1.79. The van der Waals surface area contributed by atoms with E-state index in [1.165, 1.54) is 11.5 Å². The van der Waals surface area contributed by atoms with Gasteiger partial charge in [0.1, 0.15) is 6.10 Å². The van der Waals surface area contributed by atoms with Crippen LogP contribution >= 0.6 is 11.5 Å². The van der Waals surface area contributed by atoms with Crippen molar-refractivity contribution in [1.29, 1.82) is 0 Å². The highest BCUT2D eigenvalue weighted by atomic mass is 32.1. The van der Waals surface area contributed by atoms with Crippen LogP contribution < -0.4 is 0 Å². The summed E-state index contributed by atoms with van der Waals surface area (Å²) in [5, 5.41) is 15.0. The Hall–Kier alpha value is -1.85. The highest BCUT2D eigenvalue weighted by molar-refractivity contribution is 7.05. The fourth-order valence-corrected chi connectivity index (χ4v) is 2.31. The second kappa shape index (κ2) is 4.20. The summed E-state index contributed by atoms with van der Waals surface area (Å²) in [7, 11) is 0. The van der Waals surface area contributed by atoms with E-state index in [0.29, 0.717) is 0 Å². The van der Waals surface area contributed by atoms with Gasteiger partial charge in [0, 0.05) is 17.1 Å². The van der Waals surface area contributed by atoms with E-state index in [2.05, 4.69) is 14.6 Å². The molecule has 4 nitrogen and oxygen atoms in total. The molecule has 0 radical (unpaired) electrons. The molecular formula is C12H9N3OS. The van der Waals surface area contributed by atoms with E-state index >= 15 is 0 Å². The molecule has 3 rings (SSSR count). The molecule has 2 heterocycles. The second-order valence-corrected chi connectivity index (χ2v) is 4.46. The molecule has 1 atom stereocenters.